The topological polar surface area (TPSA) is 39.9 Å². The lowest BCUT2D eigenvalue weighted by Gasteiger charge is -2.11. The molecule has 1 heterocycles. The molecular formula is C17H17N3O. The predicted molar refractivity (Wildman–Crippen MR) is 82.6 cm³/mol. The normalized spacial score (nSPS) is 10.8. The fourth-order valence-electron chi connectivity index (χ4n) is 2.19. The zero-order valence-electron chi connectivity index (χ0n) is 12.1. The summed E-state index contributed by atoms with van der Waals surface area (Å²) in [7, 11) is 0. The molecule has 3 rings (SSSR count). The van der Waals surface area contributed by atoms with Gasteiger partial charge in [-0.3, -0.25) is 4.57 Å². The summed E-state index contributed by atoms with van der Waals surface area (Å²) < 4.78 is 7.71. The number of ether oxygens (including phenoxy) is 1. The summed E-state index contributed by atoms with van der Waals surface area (Å²) in [5.74, 6) is 1.64. The van der Waals surface area contributed by atoms with E-state index in [-0.39, 0.29) is 6.10 Å². The van der Waals surface area contributed by atoms with Gasteiger partial charge in [0.1, 0.15) is 12.1 Å². The Morgan fingerprint density at radius 1 is 1.00 bits per heavy atom. The molecule has 21 heavy (non-hydrogen) atoms. The molecule has 0 N–H and O–H groups in total. The quantitative estimate of drug-likeness (QED) is 0.730. The smallest absolute Gasteiger partial charge is 0.168 e. The first-order valence-corrected chi connectivity index (χ1v) is 6.96. The van der Waals surface area contributed by atoms with Gasteiger partial charge in [-0.05, 0) is 38.1 Å². The first-order valence-electron chi connectivity index (χ1n) is 6.96. The standard InChI is InChI=1S/C17H17N3O/c1-13(2)21-16-10-6-7-14(11-16)17-19-18-12-20(17)15-8-4-3-5-9-15/h3-13H,1-2H3. The molecule has 0 spiro atoms. The number of benzene rings is 2. The number of rotatable bonds is 4. The number of hydrogen-bond donors (Lipinski definition) is 0. The molecule has 0 fully saturated rings. The predicted octanol–water partition coefficient (Wildman–Crippen LogP) is 3.72. The molecule has 0 amide bonds. The monoisotopic (exact) mass is 279 g/mol. The van der Waals surface area contributed by atoms with E-state index in [4.69, 9.17) is 4.74 Å². The fourth-order valence-corrected chi connectivity index (χ4v) is 2.19. The third kappa shape index (κ3) is 2.94. The summed E-state index contributed by atoms with van der Waals surface area (Å²) in [6.07, 6.45) is 1.87. The Balaban J connectivity index is 2.00. The Labute approximate surface area is 124 Å². The summed E-state index contributed by atoms with van der Waals surface area (Å²) in [5, 5.41) is 8.28. The summed E-state index contributed by atoms with van der Waals surface area (Å²) in [6.45, 7) is 4.03. The third-order valence-electron chi connectivity index (χ3n) is 3.05. The highest BCUT2D eigenvalue weighted by Crippen LogP contribution is 2.24. The lowest BCUT2D eigenvalue weighted by atomic mass is 10.2. The molecule has 3 aromatic rings. The maximum Gasteiger partial charge on any atom is 0.168 e. The van der Waals surface area contributed by atoms with Gasteiger partial charge in [0, 0.05) is 11.3 Å². The minimum absolute atomic E-state index is 0.146. The van der Waals surface area contributed by atoms with E-state index in [1.54, 1.807) is 6.33 Å². The van der Waals surface area contributed by atoms with Crippen LogP contribution in [-0.2, 0) is 0 Å². The maximum atomic E-state index is 5.74. The molecule has 2 aromatic carbocycles. The summed E-state index contributed by atoms with van der Waals surface area (Å²) in [5.41, 5.74) is 2.02. The Bertz CT molecular complexity index is 720. The van der Waals surface area contributed by atoms with Crippen LogP contribution in [0.4, 0.5) is 0 Å². The van der Waals surface area contributed by atoms with E-state index in [1.807, 2.05) is 73.0 Å². The highest BCUT2D eigenvalue weighted by atomic mass is 16.5. The molecule has 0 saturated carbocycles. The molecule has 0 radical (unpaired) electrons. The third-order valence-corrected chi connectivity index (χ3v) is 3.05. The van der Waals surface area contributed by atoms with Crippen LogP contribution in [0.3, 0.4) is 0 Å². The summed E-state index contributed by atoms with van der Waals surface area (Å²) in [6, 6.07) is 18.0. The van der Waals surface area contributed by atoms with E-state index in [1.165, 1.54) is 0 Å². The average Bonchev–Trinajstić information content (AvgIpc) is 2.97. The van der Waals surface area contributed by atoms with Crippen molar-refractivity contribution in [3.05, 3.63) is 60.9 Å². The first-order chi connectivity index (χ1) is 10.2. The van der Waals surface area contributed by atoms with E-state index < -0.39 is 0 Å². The van der Waals surface area contributed by atoms with Crippen molar-refractivity contribution in [1.82, 2.24) is 14.8 Å². The van der Waals surface area contributed by atoms with Gasteiger partial charge in [-0.25, -0.2) is 0 Å². The molecule has 0 unspecified atom stereocenters. The van der Waals surface area contributed by atoms with Crippen molar-refractivity contribution in [2.24, 2.45) is 0 Å². The van der Waals surface area contributed by atoms with Gasteiger partial charge in [0.2, 0.25) is 0 Å². The zero-order chi connectivity index (χ0) is 14.7. The largest absolute Gasteiger partial charge is 0.491 e. The Hall–Kier alpha value is -2.62. The van der Waals surface area contributed by atoms with Gasteiger partial charge in [-0.2, -0.15) is 0 Å². The lowest BCUT2D eigenvalue weighted by Crippen LogP contribution is -2.05. The van der Waals surface area contributed by atoms with Gasteiger partial charge in [0.15, 0.2) is 5.82 Å². The second-order valence-corrected chi connectivity index (χ2v) is 5.05. The molecular weight excluding hydrogens is 262 g/mol. The fraction of sp³-hybridized carbons (Fsp3) is 0.176. The van der Waals surface area contributed by atoms with Crippen molar-refractivity contribution in [1.29, 1.82) is 0 Å². The van der Waals surface area contributed by atoms with Gasteiger partial charge in [0.25, 0.3) is 0 Å². The second kappa shape index (κ2) is 5.79. The molecule has 1 aromatic heterocycles. The summed E-state index contributed by atoms with van der Waals surface area (Å²) >= 11 is 0. The van der Waals surface area contributed by atoms with Crippen LogP contribution in [-0.4, -0.2) is 20.9 Å². The lowest BCUT2D eigenvalue weighted by molar-refractivity contribution is 0.242. The Morgan fingerprint density at radius 2 is 1.81 bits per heavy atom. The molecule has 0 aliphatic rings. The van der Waals surface area contributed by atoms with Gasteiger partial charge < -0.3 is 4.74 Å². The van der Waals surface area contributed by atoms with Crippen LogP contribution in [0, 0.1) is 0 Å². The molecule has 106 valence electrons. The molecule has 0 bridgehead atoms. The minimum Gasteiger partial charge on any atom is -0.491 e. The first kappa shape index (κ1) is 13.4. The van der Waals surface area contributed by atoms with E-state index in [2.05, 4.69) is 10.2 Å². The van der Waals surface area contributed by atoms with Crippen LogP contribution in [0.2, 0.25) is 0 Å². The van der Waals surface area contributed by atoms with E-state index in [0.717, 1.165) is 22.8 Å². The van der Waals surface area contributed by atoms with Crippen molar-refractivity contribution in [3.63, 3.8) is 0 Å². The highest BCUT2D eigenvalue weighted by Gasteiger charge is 2.10. The molecule has 0 aliphatic carbocycles. The Morgan fingerprint density at radius 3 is 2.57 bits per heavy atom. The van der Waals surface area contributed by atoms with E-state index in [0.29, 0.717) is 0 Å². The number of hydrogen-bond acceptors (Lipinski definition) is 3. The van der Waals surface area contributed by atoms with Crippen molar-refractivity contribution in [2.45, 2.75) is 20.0 Å². The molecule has 4 nitrogen and oxygen atoms in total. The zero-order valence-corrected chi connectivity index (χ0v) is 12.1. The van der Waals surface area contributed by atoms with Crippen molar-refractivity contribution >= 4 is 0 Å². The Kier molecular flexibility index (Phi) is 3.69. The van der Waals surface area contributed by atoms with Crippen LogP contribution in [0.15, 0.2) is 60.9 Å². The van der Waals surface area contributed by atoms with Crippen LogP contribution in [0.25, 0.3) is 17.1 Å². The summed E-state index contributed by atoms with van der Waals surface area (Å²) in [4.78, 5) is 0. The van der Waals surface area contributed by atoms with E-state index >= 15 is 0 Å². The van der Waals surface area contributed by atoms with Crippen LogP contribution in [0.1, 0.15) is 13.8 Å². The van der Waals surface area contributed by atoms with Gasteiger partial charge in [-0.1, -0.05) is 30.3 Å². The van der Waals surface area contributed by atoms with Gasteiger partial charge in [-0.15, -0.1) is 10.2 Å². The number of para-hydroxylation sites is 1. The van der Waals surface area contributed by atoms with Crippen LogP contribution < -0.4 is 4.74 Å². The van der Waals surface area contributed by atoms with Crippen LogP contribution in [0.5, 0.6) is 5.75 Å². The van der Waals surface area contributed by atoms with Gasteiger partial charge >= 0.3 is 0 Å². The highest BCUT2D eigenvalue weighted by molar-refractivity contribution is 5.60. The van der Waals surface area contributed by atoms with Crippen molar-refractivity contribution in [2.75, 3.05) is 0 Å². The molecule has 0 saturated heterocycles. The number of nitrogens with zero attached hydrogens (tertiary/aromatic N) is 3. The second-order valence-electron chi connectivity index (χ2n) is 5.05. The SMILES string of the molecule is CC(C)Oc1cccc(-c2nncn2-c2ccccc2)c1. The maximum absolute atomic E-state index is 5.74. The van der Waals surface area contributed by atoms with Crippen molar-refractivity contribution < 1.29 is 4.74 Å². The van der Waals surface area contributed by atoms with E-state index in [9.17, 15) is 0 Å². The molecule has 0 aliphatic heterocycles. The van der Waals surface area contributed by atoms with Crippen LogP contribution >= 0.6 is 0 Å². The molecule has 4 heteroatoms. The van der Waals surface area contributed by atoms with Crippen molar-refractivity contribution in [3.8, 4) is 22.8 Å². The van der Waals surface area contributed by atoms with Gasteiger partial charge in [0.05, 0.1) is 6.10 Å². The number of aromatic nitrogens is 3. The average molecular weight is 279 g/mol. The molecule has 0 atom stereocenters. The minimum atomic E-state index is 0.146.